The lowest BCUT2D eigenvalue weighted by Gasteiger charge is -2.32. The number of aliphatic hydroxyl groups excluding tert-OH is 1. The number of aliphatic hydroxyl groups is 1. The average molecular weight is 1430 g/mol. The molecule has 0 bridgehead atoms. The molecular weight excluding hydrogens is 1330 g/mol. The molecular formula is C67H101N19O14S. The summed E-state index contributed by atoms with van der Waals surface area (Å²) in [6.45, 7) is 7.83. The van der Waals surface area contributed by atoms with Gasteiger partial charge in [-0.15, -0.1) is 0 Å². The number of aromatic amines is 1. The Labute approximate surface area is 591 Å². The Morgan fingerprint density at radius 2 is 1.03 bits per heavy atom. The average Bonchev–Trinajstić information content (AvgIpc) is 1.81. The number of imidazole rings is 1. The molecule has 0 aliphatic carbocycles. The second kappa shape index (κ2) is 41.1. The van der Waals surface area contributed by atoms with E-state index in [0.29, 0.717) is 48.3 Å². The van der Waals surface area contributed by atoms with Crippen molar-refractivity contribution < 1.29 is 67.4 Å². The van der Waals surface area contributed by atoms with Crippen molar-refractivity contribution in [3.05, 3.63) is 90.0 Å². The van der Waals surface area contributed by atoms with Crippen LogP contribution in [-0.2, 0) is 81.6 Å². The lowest BCUT2D eigenvalue weighted by molar-refractivity contribution is -0.143. The van der Waals surface area contributed by atoms with E-state index in [4.69, 9.17) is 28.7 Å². The Bertz CT molecular complexity index is 3330. The Morgan fingerprint density at radius 3 is 1.56 bits per heavy atom. The van der Waals surface area contributed by atoms with Crippen molar-refractivity contribution in [1.29, 1.82) is 0 Å². The zero-order valence-corrected chi connectivity index (χ0v) is 58.9. The number of carbonyl (C=O) groups excluding carboxylic acids is 13. The molecule has 5 rings (SSSR count). The number of H-pyrrole nitrogens is 1. The van der Waals surface area contributed by atoms with E-state index in [-0.39, 0.29) is 88.8 Å². The third-order valence-corrected chi connectivity index (χ3v) is 17.6. The molecule has 1 aromatic heterocycles. The maximum absolute atomic E-state index is 14.7. The molecule has 21 N–H and O–H groups in total. The summed E-state index contributed by atoms with van der Waals surface area (Å²) < 4.78 is 0. The number of hydrogen-bond acceptors (Lipinski definition) is 18. The Balaban J connectivity index is 1.28. The van der Waals surface area contributed by atoms with Crippen LogP contribution in [-0.4, -0.2) is 218 Å². The number of primary amides is 2. The minimum Gasteiger partial charge on any atom is -0.394 e. The summed E-state index contributed by atoms with van der Waals surface area (Å²) in [7, 11) is 0. The molecule has 13 amide bonds. The minimum absolute atomic E-state index is 0.000953. The number of likely N-dealkylation sites (tertiary alicyclic amines) is 2. The number of aromatic nitrogens is 2. The molecule has 33 nitrogen and oxygen atoms in total. The maximum Gasteiger partial charge on any atom is 0.245 e. The highest BCUT2D eigenvalue weighted by atomic mass is 32.2. The number of hydrogen-bond donors (Lipinski definition) is 16. The van der Waals surface area contributed by atoms with Crippen molar-refractivity contribution in [2.24, 2.45) is 45.5 Å². The summed E-state index contributed by atoms with van der Waals surface area (Å²) in [5.74, 6) is -10.8. The van der Waals surface area contributed by atoms with Crippen LogP contribution in [0.15, 0.2) is 78.2 Å². The van der Waals surface area contributed by atoms with Gasteiger partial charge >= 0.3 is 0 Å². The summed E-state index contributed by atoms with van der Waals surface area (Å²) in [5.41, 5.74) is 30.2. The molecule has 2 aliphatic heterocycles. The summed E-state index contributed by atoms with van der Waals surface area (Å²) >= 11 is 1.52. The monoisotopic (exact) mass is 1430 g/mol. The Kier molecular flexibility index (Phi) is 33.4. The van der Waals surface area contributed by atoms with Crippen LogP contribution in [0.1, 0.15) is 116 Å². The van der Waals surface area contributed by atoms with Gasteiger partial charge in [0.1, 0.15) is 66.5 Å². The molecule has 2 fully saturated rings. The van der Waals surface area contributed by atoms with Crippen LogP contribution in [0.4, 0.5) is 0 Å². The van der Waals surface area contributed by atoms with Crippen molar-refractivity contribution >= 4 is 94.5 Å². The molecule has 2 aromatic carbocycles. The number of aliphatic imine (C=N–C) groups is 1. The summed E-state index contributed by atoms with van der Waals surface area (Å²) in [6, 6.07) is 1.39. The molecule has 0 radical (unpaired) electrons. The summed E-state index contributed by atoms with van der Waals surface area (Å²) in [4.78, 5) is 194. The number of amides is 13. The van der Waals surface area contributed by atoms with Crippen molar-refractivity contribution in [3.63, 3.8) is 0 Å². The molecule has 12 atom stereocenters. The van der Waals surface area contributed by atoms with Crippen LogP contribution in [0, 0.1) is 11.8 Å². The Morgan fingerprint density at radius 1 is 0.564 bits per heavy atom. The molecule has 2 saturated heterocycles. The summed E-state index contributed by atoms with van der Waals surface area (Å²) in [5, 5.41) is 34.0. The number of nitrogens with zero attached hydrogens (tertiary/aromatic N) is 4. The smallest absolute Gasteiger partial charge is 0.245 e. The van der Waals surface area contributed by atoms with Gasteiger partial charge in [0.25, 0.3) is 0 Å². The van der Waals surface area contributed by atoms with Gasteiger partial charge < -0.3 is 96.4 Å². The molecule has 101 heavy (non-hydrogen) atoms. The lowest BCUT2D eigenvalue weighted by atomic mass is 10.00. The van der Waals surface area contributed by atoms with E-state index in [0.717, 1.165) is 0 Å². The predicted octanol–water partition coefficient (Wildman–Crippen LogP) is -3.62. The second-order valence-corrected chi connectivity index (χ2v) is 27.1. The maximum atomic E-state index is 14.7. The standard InChI is InChI=1S/C67H101N19O14S/c1-37(2)28-46(59(93)77-44(20-13-24-74-67(71)72)57(91)78-45(55(70)89)30-40-16-9-7-10-17-40)81-64(98)53-22-15-26-86(53)66(100)50(29-38(3)4)83-61(95)49(33-54(69)88)79-56(90)39(5)76-58(92)47(31-41-18-11-8-12-19-41)80-62(96)51(35-87)84-60(94)48(32-42-34-73-36-75-42)82-63(97)52-21-14-25-85(52)65(99)43(68)23-27-101-6/h7-12,16-19,34,36-39,43-53,87H,13-15,20-33,35,68H2,1-6H3,(H2,69,88)(H2,70,89)(H,73,75)(H,76,92)(H,77,93)(H,78,91)(H,79,90)(H,80,96)(H,81,98)(H,82,97)(H,83,95)(H,84,94)(H4,71,72,74)/t39-,43-,44-,45-,46-,47-,48-,49-,50-,51-,52-,53-/m0/s1. The van der Waals surface area contributed by atoms with Gasteiger partial charge in [0, 0.05) is 50.8 Å². The van der Waals surface area contributed by atoms with Crippen LogP contribution >= 0.6 is 11.8 Å². The first kappa shape index (κ1) is 82.0. The number of carbonyl (C=O) groups is 13. The van der Waals surface area contributed by atoms with Crippen LogP contribution in [0.2, 0.25) is 0 Å². The fourth-order valence-electron chi connectivity index (χ4n) is 11.7. The fraction of sp³-hybridized carbons (Fsp3) is 0.567. The molecule has 34 heteroatoms. The number of guanidine groups is 1. The zero-order valence-electron chi connectivity index (χ0n) is 58.1. The number of nitrogens with two attached hydrogens (primary N) is 5. The molecule has 554 valence electrons. The molecule has 0 saturated carbocycles. The molecule has 0 unspecified atom stereocenters. The highest BCUT2D eigenvalue weighted by Crippen LogP contribution is 2.23. The topological polar surface area (TPSA) is 528 Å². The van der Waals surface area contributed by atoms with Crippen LogP contribution in [0.5, 0.6) is 0 Å². The van der Waals surface area contributed by atoms with Gasteiger partial charge in [-0.1, -0.05) is 88.4 Å². The summed E-state index contributed by atoms with van der Waals surface area (Å²) in [6.07, 6.45) is 5.54. The van der Waals surface area contributed by atoms with Crippen molar-refractivity contribution in [1.82, 2.24) is 67.6 Å². The second-order valence-electron chi connectivity index (χ2n) is 26.1. The first-order valence-electron chi connectivity index (χ1n) is 33.9. The molecule has 0 spiro atoms. The van der Waals surface area contributed by atoms with Gasteiger partial charge in [-0.25, -0.2) is 4.98 Å². The van der Waals surface area contributed by atoms with Crippen molar-refractivity contribution in [3.8, 4) is 0 Å². The largest absolute Gasteiger partial charge is 0.394 e. The lowest BCUT2D eigenvalue weighted by Crippen LogP contribution is -2.61. The van der Waals surface area contributed by atoms with Gasteiger partial charge in [-0.3, -0.25) is 67.3 Å². The first-order chi connectivity index (χ1) is 48.0. The quantitative estimate of drug-likeness (QED) is 0.0148. The number of thioether (sulfide) groups is 1. The molecule has 3 aromatic rings. The van der Waals surface area contributed by atoms with E-state index in [1.165, 1.54) is 41.0 Å². The van der Waals surface area contributed by atoms with E-state index in [1.807, 2.05) is 20.1 Å². The van der Waals surface area contributed by atoms with E-state index < -0.39 is 162 Å². The Hall–Kier alpha value is -9.70. The van der Waals surface area contributed by atoms with E-state index >= 15 is 0 Å². The SMILES string of the molecule is CSCC[C@H](N)C(=O)N1CCC[C@H]1C(=O)N[C@@H](Cc1cnc[nH]1)C(=O)N[C@@H](CO)C(=O)N[C@@H](Cc1ccccc1)C(=O)N[C@@H](C)C(=O)N[C@@H](CC(N)=O)C(=O)N[C@@H](CC(C)C)C(=O)N1CCC[C@H]1C(=O)N[C@@H](CC(C)C)C(=O)N[C@@H](CCCN=C(N)N)C(=O)N[C@@H](Cc1ccccc1)C(N)=O. The van der Waals surface area contributed by atoms with Crippen molar-refractivity contribution in [2.45, 2.75) is 191 Å². The predicted molar refractivity (Wildman–Crippen MR) is 375 cm³/mol. The molecule has 2 aliphatic rings. The van der Waals surface area contributed by atoms with E-state index in [1.54, 1.807) is 74.5 Å². The number of nitrogens with one attached hydrogen (secondary N) is 10. The minimum atomic E-state index is -1.74. The van der Waals surface area contributed by atoms with Gasteiger partial charge in [0.2, 0.25) is 76.8 Å². The van der Waals surface area contributed by atoms with E-state index in [2.05, 4.69) is 62.8 Å². The van der Waals surface area contributed by atoms with Gasteiger partial charge in [0.15, 0.2) is 5.96 Å². The van der Waals surface area contributed by atoms with E-state index in [9.17, 15) is 67.4 Å². The highest BCUT2D eigenvalue weighted by molar-refractivity contribution is 7.98. The number of benzene rings is 2. The van der Waals surface area contributed by atoms with Gasteiger partial charge in [-0.05, 0) is 99.7 Å². The highest BCUT2D eigenvalue weighted by Gasteiger charge is 2.42. The first-order valence-corrected chi connectivity index (χ1v) is 35.3. The van der Waals surface area contributed by atoms with Gasteiger partial charge in [-0.2, -0.15) is 11.8 Å². The van der Waals surface area contributed by atoms with Gasteiger partial charge in [0.05, 0.1) is 25.4 Å². The van der Waals surface area contributed by atoms with Crippen LogP contribution in [0.3, 0.4) is 0 Å². The molecule has 3 heterocycles. The fourth-order valence-corrected chi connectivity index (χ4v) is 12.2. The third-order valence-electron chi connectivity index (χ3n) is 16.9. The zero-order chi connectivity index (χ0) is 74.5. The van der Waals surface area contributed by atoms with Crippen molar-refractivity contribution in [2.75, 3.05) is 38.2 Å². The third kappa shape index (κ3) is 26.7. The van der Waals surface area contributed by atoms with Crippen LogP contribution < -0.4 is 76.5 Å². The number of rotatable bonds is 41. The van der Waals surface area contributed by atoms with Crippen LogP contribution in [0.25, 0.3) is 0 Å². The normalized spacial score (nSPS) is 17.2.